The van der Waals surface area contributed by atoms with Crippen molar-refractivity contribution in [1.29, 1.82) is 0 Å². The molecule has 1 fully saturated rings. The normalized spacial score (nSPS) is 21.1. The van der Waals surface area contributed by atoms with E-state index in [4.69, 9.17) is 4.74 Å². The molecule has 0 spiro atoms. The molecule has 5 nitrogen and oxygen atoms in total. The summed E-state index contributed by atoms with van der Waals surface area (Å²) in [6, 6.07) is 0. The molecule has 1 rings (SSSR count). The van der Waals surface area contributed by atoms with Crippen LogP contribution in [0, 0.1) is 0 Å². The SMILES string of the molecule is C=CCNCC(=O)NCC1CN(CC)CCO1. The number of carbonyl (C=O) groups is 1. The number of amides is 1. The molecule has 0 aliphatic carbocycles. The monoisotopic (exact) mass is 241 g/mol. The predicted molar refractivity (Wildman–Crippen MR) is 67.9 cm³/mol. The molecule has 1 aliphatic rings. The van der Waals surface area contributed by atoms with Gasteiger partial charge in [0.15, 0.2) is 0 Å². The summed E-state index contributed by atoms with van der Waals surface area (Å²) in [6.07, 6.45) is 1.85. The zero-order valence-corrected chi connectivity index (χ0v) is 10.6. The van der Waals surface area contributed by atoms with Crippen LogP contribution in [0.2, 0.25) is 0 Å². The Hall–Kier alpha value is -0.910. The highest BCUT2D eigenvalue weighted by Crippen LogP contribution is 2.03. The second-order valence-electron chi connectivity index (χ2n) is 4.11. The van der Waals surface area contributed by atoms with Crippen molar-refractivity contribution in [3.05, 3.63) is 12.7 Å². The Balaban J connectivity index is 2.12. The standard InChI is InChI=1S/C12H23N3O2/c1-3-5-13-9-12(16)14-8-11-10-15(4-2)6-7-17-11/h3,11,13H,1,4-10H2,2H3,(H,14,16). The van der Waals surface area contributed by atoms with E-state index >= 15 is 0 Å². The van der Waals surface area contributed by atoms with Crippen LogP contribution in [0.3, 0.4) is 0 Å². The van der Waals surface area contributed by atoms with E-state index in [9.17, 15) is 4.79 Å². The Morgan fingerprint density at radius 3 is 3.18 bits per heavy atom. The maximum absolute atomic E-state index is 11.4. The number of likely N-dealkylation sites (N-methyl/N-ethyl adjacent to an activating group) is 1. The summed E-state index contributed by atoms with van der Waals surface area (Å²) >= 11 is 0. The van der Waals surface area contributed by atoms with Gasteiger partial charge in [-0.3, -0.25) is 9.69 Å². The first-order valence-corrected chi connectivity index (χ1v) is 6.18. The van der Waals surface area contributed by atoms with Crippen molar-refractivity contribution in [3.63, 3.8) is 0 Å². The third-order valence-corrected chi connectivity index (χ3v) is 2.77. The molecule has 1 heterocycles. The van der Waals surface area contributed by atoms with Crippen LogP contribution < -0.4 is 10.6 Å². The summed E-state index contributed by atoms with van der Waals surface area (Å²) in [4.78, 5) is 13.8. The molecule has 17 heavy (non-hydrogen) atoms. The van der Waals surface area contributed by atoms with Gasteiger partial charge in [-0.2, -0.15) is 0 Å². The van der Waals surface area contributed by atoms with Gasteiger partial charge in [-0.25, -0.2) is 0 Å². The minimum atomic E-state index is 0.00377. The number of ether oxygens (including phenoxy) is 1. The van der Waals surface area contributed by atoms with Gasteiger partial charge in [0.05, 0.1) is 19.3 Å². The number of carbonyl (C=O) groups excluding carboxylic acids is 1. The summed E-state index contributed by atoms with van der Waals surface area (Å²) in [5, 5.41) is 5.83. The lowest BCUT2D eigenvalue weighted by atomic mass is 10.2. The lowest BCUT2D eigenvalue weighted by molar-refractivity contribution is -0.121. The first kappa shape index (κ1) is 14.2. The summed E-state index contributed by atoms with van der Waals surface area (Å²) in [7, 11) is 0. The minimum absolute atomic E-state index is 0.00377. The van der Waals surface area contributed by atoms with Gasteiger partial charge in [0, 0.05) is 26.2 Å². The fourth-order valence-electron chi connectivity index (χ4n) is 1.77. The molecule has 5 heteroatoms. The van der Waals surface area contributed by atoms with Crippen LogP contribution in [0.25, 0.3) is 0 Å². The van der Waals surface area contributed by atoms with Crippen molar-refractivity contribution in [1.82, 2.24) is 15.5 Å². The molecular weight excluding hydrogens is 218 g/mol. The topological polar surface area (TPSA) is 53.6 Å². The lowest BCUT2D eigenvalue weighted by Gasteiger charge is -2.32. The number of nitrogens with one attached hydrogen (secondary N) is 2. The summed E-state index contributed by atoms with van der Waals surface area (Å²) in [5.41, 5.74) is 0. The highest BCUT2D eigenvalue weighted by Gasteiger charge is 2.19. The van der Waals surface area contributed by atoms with Gasteiger partial charge < -0.3 is 15.4 Å². The third kappa shape index (κ3) is 5.81. The highest BCUT2D eigenvalue weighted by atomic mass is 16.5. The van der Waals surface area contributed by atoms with Crippen molar-refractivity contribution in [3.8, 4) is 0 Å². The Morgan fingerprint density at radius 2 is 2.47 bits per heavy atom. The molecule has 2 N–H and O–H groups in total. The van der Waals surface area contributed by atoms with Gasteiger partial charge in [0.1, 0.15) is 0 Å². The number of morpholine rings is 1. The van der Waals surface area contributed by atoms with E-state index in [0.29, 0.717) is 19.6 Å². The summed E-state index contributed by atoms with van der Waals surface area (Å²) in [5.74, 6) is 0.00377. The number of hydrogen-bond acceptors (Lipinski definition) is 4. The van der Waals surface area contributed by atoms with Gasteiger partial charge in [0.25, 0.3) is 0 Å². The van der Waals surface area contributed by atoms with E-state index in [2.05, 4.69) is 29.0 Å². The predicted octanol–water partition coefficient (Wildman–Crippen LogP) is -0.401. The Labute approximate surface area is 103 Å². The number of hydrogen-bond donors (Lipinski definition) is 2. The van der Waals surface area contributed by atoms with Gasteiger partial charge in [0.2, 0.25) is 5.91 Å². The van der Waals surface area contributed by atoms with E-state index in [-0.39, 0.29) is 12.0 Å². The van der Waals surface area contributed by atoms with Crippen LogP contribution in [-0.2, 0) is 9.53 Å². The number of rotatable bonds is 7. The second kappa shape index (κ2) is 8.22. The van der Waals surface area contributed by atoms with Crippen molar-refractivity contribution in [2.75, 3.05) is 45.9 Å². The molecule has 0 aromatic rings. The van der Waals surface area contributed by atoms with E-state index < -0.39 is 0 Å². The van der Waals surface area contributed by atoms with Gasteiger partial charge >= 0.3 is 0 Å². The quantitative estimate of drug-likeness (QED) is 0.470. The van der Waals surface area contributed by atoms with E-state index in [1.807, 2.05) is 0 Å². The summed E-state index contributed by atoms with van der Waals surface area (Å²) in [6.45, 7) is 11.0. The fourth-order valence-corrected chi connectivity index (χ4v) is 1.77. The molecule has 1 amide bonds. The van der Waals surface area contributed by atoms with Crippen molar-refractivity contribution < 1.29 is 9.53 Å². The molecule has 0 bridgehead atoms. The van der Waals surface area contributed by atoms with Gasteiger partial charge in [-0.05, 0) is 6.54 Å². The molecule has 0 saturated carbocycles. The summed E-state index contributed by atoms with van der Waals surface area (Å²) < 4.78 is 5.59. The molecular formula is C12H23N3O2. The van der Waals surface area contributed by atoms with Crippen LogP contribution in [0.15, 0.2) is 12.7 Å². The average Bonchev–Trinajstić information content (AvgIpc) is 2.37. The molecule has 1 aliphatic heterocycles. The zero-order chi connectivity index (χ0) is 12.5. The zero-order valence-electron chi connectivity index (χ0n) is 10.6. The average molecular weight is 241 g/mol. The molecule has 1 unspecified atom stereocenters. The fraction of sp³-hybridized carbons (Fsp3) is 0.750. The van der Waals surface area contributed by atoms with Crippen LogP contribution in [0.4, 0.5) is 0 Å². The molecule has 0 aromatic heterocycles. The first-order valence-electron chi connectivity index (χ1n) is 6.18. The van der Waals surface area contributed by atoms with Crippen LogP contribution in [-0.4, -0.2) is 62.8 Å². The van der Waals surface area contributed by atoms with Crippen LogP contribution in [0.5, 0.6) is 0 Å². The van der Waals surface area contributed by atoms with E-state index in [1.165, 1.54) is 0 Å². The Morgan fingerprint density at radius 1 is 1.65 bits per heavy atom. The Kier molecular flexibility index (Phi) is 6.84. The maximum atomic E-state index is 11.4. The van der Waals surface area contributed by atoms with Gasteiger partial charge in [-0.1, -0.05) is 13.0 Å². The molecule has 1 atom stereocenters. The van der Waals surface area contributed by atoms with Crippen LogP contribution >= 0.6 is 0 Å². The Bertz CT molecular complexity index is 246. The molecule has 0 aromatic carbocycles. The highest BCUT2D eigenvalue weighted by molar-refractivity contribution is 5.78. The molecule has 98 valence electrons. The smallest absolute Gasteiger partial charge is 0.234 e. The molecule has 0 radical (unpaired) electrons. The third-order valence-electron chi connectivity index (χ3n) is 2.77. The van der Waals surface area contributed by atoms with E-state index in [1.54, 1.807) is 6.08 Å². The van der Waals surface area contributed by atoms with Crippen molar-refractivity contribution >= 4 is 5.91 Å². The lowest BCUT2D eigenvalue weighted by Crippen LogP contribution is -2.48. The first-order chi connectivity index (χ1) is 8.26. The number of nitrogens with zero attached hydrogens (tertiary/aromatic N) is 1. The van der Waals surface area contributed by atoms with E-state index in [0.717, 1.165) is 26.2 Å². The van der Waals surface area contributed by atoms with Crippen molar-refractivity contribution in [2.45, 2.75) is 13.0 Å². The van der Waals surface area contributed by atoms with Crippen LogP contribution in [0.1, 0.15) is 6.92 Å². The maximum Gasteiger partial charge on any atom is 0.234 e. The second-order valence-corrected chi connectivity index (χ2v) is 4.11. The minimum Gasteiger partial charge on any atom is -0.374 e. The van der Waals surface area contributed by atoms with Gasteiger partial charge in [-0.15, -0.1) is 6.58 Å². The van der Waals surface area contributed by atoms with Crippen molar-refractivity contribution in [2.24, 2.45) is 0 Å². The largest absolute Gasteiger partial charge is 0.374 e. The molecule has 1 saturated heterocycles.